The minimum absolute atomic E-state index is 0.0512. The van der Waals surface area contributed by atoms with Gasteiger partial charge in [-0.3, -0.25) is 4.79 Å². The quantitative estimate of drug-likeness (QED) is 0.806. The summed E-state index contributed by atoms with van der Waals surface area (Å²) in [6, 6.07) is 7.19. The number of rotatable bonds is 4. The highest BCUT2D eigenvalue weighted by molar-refractivity contribution is 6.31. The molecule has 0 fully saturated rings. The summed E-state index contributed by atoms with van der Waals surface area (Å²) in [4.78, 5) is 19.0. The Morgan fingerprint density at radius 1 is 1.50 bits per heavy atom. The van der Waals surface area contributed by atoms with Gasteiger partial charge in [-0.05, 0) is 6.07 Å². The summed E-state index contributed by atoms with van der Waals surface area (Å²) in [5.74, 6) is 0. The molecule has 0 saturated carbocycles. The van der Waals surface area contributed by atoms with E-state index in [1.54, 1.807) is 12.1 Å². The van der Waals surface area contributed by atoms with E-state index in [-0.39, 0.29) is 13.0 Å². The SMILES string of the molecule is CO[C@@H](COC(N)=O)c1ccccc1Cl.NC=O. The second kappa shape index (κ2) is 9.26. The van der Waals surface area contributed by atoms with Crippen molar-refractivity contribution in [3.63, 3.8) is 0 Å². The van der Waals surface area contributed by atoms with E-state index in [9.17, 15) is 4.79 Å². The molecule has 0 aromatic heterocycles. The summed E-state index contributed by atoms with van der Waals surface area (Å²) in [6.45, 7) is 0.0512. The predicted octanol–water partition coefficient (Wildman–Crippen LogP) is 1.22. The van der Waals surface area contributed by atoms with E-state index in [1.807, 2.05) is 12.1 Å². The molecule has 0 aliphatic heterocycles. The fraction of sp³-hybridized carbons (Fsp3) is 0.273. The van der Waals surface area contributed by atoms with Crippen LogP contribution in [0.1, 0.15) is 11.7 Å². The fourth-order valence-electron chi connectivity index (χ4n) is 1.18. The zero-order valence-corrected chi connectivity index (χ0v) is 10.6. The minimum atomic E-state index is -0.830. The van der Waals surface area contributed by atoms with Crippen molar-refractivity contribution in [2.45, 2.75) is 6.10 Å². The van der Waals surface area contributed by atoms with Crippen molar-refractivity contribution in [2.24, 2.45) is 11.5 Å². The number of methoxy groups -OCH3 is 1. The number of carbonyl (C=O) groups is 2. The summed E-state index contributed by atoms with van der Waals surface area (Å²) in [5.41, 5.74) is 9.80. The van der Waals surface area contributed by atoms with Gasteiger partial charge in [0.1, 0.15) is 12.7 Å². The maximum absolute atomic E-state index is 10.4. The van der Waals surface area contributed by atoms with Gasteiger partial charge in [0.25, 0.3) is 0 Å². The van der Waals surface area contributed by atoms with Crippen molar-refractivity contribution in [1.82, 2.24) is 0 Å². The zero-order chi connectivity index (χ0) is 14.0. The predicted molar refractivity (Wildman–Crippen MR) is 67.0 cm³/mol. The lowest BCUT2D eigenvalue weighted by Crippen LogP contribution is -2.19. The van der Waals surface area contributed by atoms with Crippen molar-refractivity contribution in [2.75, 3.05) is 13.7 Å². The third-order valence-corrected chi connectivity index (χ3v) is 2.26. The summed E-state index contributed by atoms with van der Waals surface area (Å²) < 4.78 is 9.81. The van der Waals surface area contributed by atoms with E-state index in [1.165, 1.54) is 7.11 Å². The van der Waals surface area contributed by atoms with E-state index in [0.29, 0.717) is 5.02 Å². The highest BCUT2D eigenvalue weighted by Gasteiger charge is 2.14. The van der Waals surface area contributed by atoms with E-state index >= 15 is 0 Å². The first-order chi connectivity index (χ1) is 8.56. The van der Waals surface area contributed by atoms with Crippen LogP contribution in [0.4, 0.5) is 4.79 Å². The maximum atomic E-state index is 10.4. The molecule has 1 aromatic carbocycles. The number of halogens is 1. The molecule has 0 heterocycles. The molecule has 0 bridgehead atoms. The molecule has 0 unspecified atom stereocenters. The van der Waals surface area contributed by atoms with Crippen LogP contribution in [0.3, 0.4) is 0 Å². The molecular weight excluding hydrogens is 260 g/mol. The van der Waals surface area contributed by atoms with Gasteiger partial charge in [-0.15, -0.1) is 0 Å². The van der Waals surface area contributed by atoms with Gasteiger partial charge in [0.2, 0.25) is 6.41 Å². The fourth-order valence-corrected chi connectivity index (χ4v) is 1.44. The molecule has 0 aliphatic rings. The van der Waals surface area contributed by atoms with Gasteiger partial charge < -0.3 is 20.9 Å². The Balaban J connectivity index is 0.000000873. The van der Waals surface area contributed by atoms with Crippen LogP contribution in [-0.4, -0.2) is 26.2 Å². The molecule has 1 aromatic rings. The number of hydrogen-bond donors (Lipinski definition) is 2. The van der Waals surface area contributed by atoms with Crippen LogP contribution >= 0.6 is 11.6 Å². The Kier molecular flexibility index (Phi) is 8.34. The highest BCUT2D eigenvalue weighted by atomic mass is 35.5. The third-order valence-electron chi connectivity index (χ3n) is 1.91. The second-order valence-electron chi connectivity index (χ2n) is 3.01. The lowest BCUT2D eigenvalue weighted by molar-refractivity contribution is -0.106. The molecular formula is C11H15ClN2O4. The maximum Gasteiger partial charge on any atom is 0.404 e. The van der Waals surface area contributed by atoms with Crippen LogP contribution in [0, 0.1) is 0 Å². The topological polar surface area (TPSA) is 105 Å². The standard InChI is InChI=1S/C10H12ClNO3.CH3NO/c1-14-9(6-15-10(12)13)7-4-2-3-5-8(7)11;2-1-3/h2-5,9H,6H2,1H3,(H2,12,13);1H,(H2,2,3)/t9-;/m0./s1. The minimum Gasteiger partial charge on any atom is -0.447 e. The first kappa shape index (κ1) is 16.2. The van der Waals surface area contributed by atoms with Crippen molar-refractivity contribution in [1.29, 1.82) is 0 Å². The molecule has 0 spiro atoms. The smallest absolute Gasteiger partial charge is 0.404 e. The van der Waals surface area contributed by atoms with Crippen LogP contribution in [-0.2, 0) is 14.3 Å². The number of nitrogens with two attached hydrogens (primary N) is 2. The van der Waals surface area contributed by atoms with Gasteiger partial charge in [-0.2, -0.15) is 0 Å². The zero-order valence-electron chi connectivity index (χ0n) is 9.84. The second-order valence-corrected chi connectivity index (χ2v) is 3.42. The van der Waals surface area contributed by atoms with Crippen LogP contribution in [0.5, 0.6) is 0 Å². The van der Waals surface area contributed by atoms with E-state index in [0.717, 1.165) is 5.56 Å². The van der Waals surface area contributed by atoms with Gasteiger partial charge in [-0.25, -0.2) is 4.79 Å². The van der Waals surface area contributed by atoms with Gasteiger partial charge >= 0.3 is 6.09 Å². The largest absolute Gasteiger partial charge is 0.447 e. The van der Waals surface area contributed by atoms with E-state index < -0.39 is 12.2 Å². The Morgan fingerprint density at radius 2 is 2.06 bits per heavy atom. The van der Waals surface area contributed by atoms with Crippen molar-refractivity contribution >= 4 is 24.1 Å². The molecule has 0 aliphatic carbocycles. The lowest BCUT2D eigenvalue weighted by Gasteiger charge is -2.16. The normalized spacial score (nSPS) is 10.8. The highest BCUT2D eigenvalue weighted by Crippen LogP contribution is 2.24. The molecule has 1 rings (SSSR count). The number of amides is 2. The van der Waals surface area contributed by atoms with Gasteiger partial charge in [0.15, 0.2) is 0 Å². The average Bonchev–Trinajstić information content (AvgIpc) is 2.32. The van der Waals surface area contributed by atoms with Crippen LogP contribution < -0.4 is 11.5 Å². The summed E-state index contributed by atoms with van der Waals surface area (Å²) in [7, 11) is 1.51. The average molecular weight is 275 g/mol. The Bertz CT molecular complexity index is 387. The molecule has 0 radical (unpaired) electrons. The molecule has 7 heteroatoms. The monoisotopic (exact) mass is 274 g/mol. The summed E-state index contributed by atoms with van der Waals surface area (Å²) >= 11 is 5.96. The Morgan fingerprint density at radius 3 is 2.50 bits per heavy atom. The number of hydrogen-bond acceptors (Lipinski definition) is 4. The number of ether oxygens (including phenoxy) is 2. The molecule has 18 heavy (non-hydrogen) atoms. The van der Waals surface area contributed by atoms with E-state index in [2.05, 4.69) is 10.5 Å². The van der Waals surface area contributed by atoms with Crippen molar-refractivity contribution in [3.8, 4) is 0 Å². The Hall–Kier alpha value is -1.79. The van der Waals surface area contributed by atoms with Crippen molar-refractivity contribution in [3.05, 3.63) is 34.9 Å². The molecule has 6 nitrogen and oxygen atoms in total. The van der Waals surface area contributed by atoms with Crippen LogP contribution in [0.25, 0.3) is 0 Å². The molecule has 4 N–H and O–H groups in total. The van der Waals surface area contributed by atoms with Gasteiger partial charge in [-0.1, -0.05) is 29.8 Å². The molecule has 100 valence electrons. The van der Waals surface area contributed by atoms with Crippen molar-refractivity contribution < 1.29 is 19.1 Å². The first-order valence-electron chi connectivity index (χ1n) is 4.91. The van der Waals surface area contributed by atoms with E-state index in [4.69, 9.17) is 26.9 Å². The number of carbonyl (C=O) groups excluding carboxylic acids is 2. The molecule has 1 atom stereocenters. The molecule has 2 amide bonds. The van der Waals surface area contributed by atoms with Gasteiger partial charge in [0, 0.05) is 17.7 Å². The summed E-state index contributed by atoms with van der Waals surface area (Å²) in [6.07, 6.45) is -0.977. The third kappa shape index (κ3) is 6.07. The first-order valence-corrected chi connectivity index (χ1v) is 5.29. The number of primary amides is 2. The van der Waals surface area contributed by atoms with Crippen LogP contribution in [0.2, 0.25) is 5.02 Å². The summed E-state index contributed by atoms with van der Waals surface area (Å²) in [5, 5.41) is 0.567. The Labute approximate surface area is 110 Å². The van der Waals surface area contributed by atoms with Gasteiger partial charge in [0.05, 0.1) is 0 Å². The number of benzene rings is 1. The van der Waals surface area contributed by atoms with Crippen LogP contribution in [0.15, 0.2) is 24.3 Å². The lowest BCUT2D eigenvalue weighted by atomic mass is 10.1. The molecule has 0 saturated heterocycles.